The lowest BCUT2D eigenvalue weighted by Crippen LogP contribution is -2.67. The van der Waals surface area contributed by atoms with Crippen LogP contribution in [0.3, 0.4) is 0 Å². The van der Waals surface area contributed by atoms with E-state index in [1.165, 1.54) is 26.2 Å². The van der Waals surface area contributed by atoms with Crippen molar-refractivity contribution in [1.29, 1.82) is 0 Å². The van der Waals surface area contributed by atoms with Gasteiger partial charge in [0.05, 0.1) is 42.0 Å². The molecular weight excluding hydrogens is 1010 g/mol. The maximum Gasteiger partial charge on any atom is 0.311 e. The van der Waals surface area contributed by atoms with E-state index in [1.807, 2.05) is 39.8 Å². The summed E-state index contributed by atoms with van der Waals surface area (Å²) in [5, 5.41) is 62.6. The number of aliphatic hydroxyl groups is 5. The van der Waals surface area contributed by atoms with Crippen molar-refractivity contribution in [3.8, 4) is 0 Å². The van der Waals surface area contributed by atoms with Gasteiger partial charge >= 0.3 is 5.97 Å². The predicted molar refractivity (Wildman–Crippen MR) is 291 cm³/mol. The molecule has 3 saturated heterocycles. The van der Waals surface area contributed by atoms with Crippen molar-refractivity contribution in [2.45, 2.75) is 250 Å². The third-order valence-electron chi connectivity index (χ3n) is 21.0. The Labute approximate surface area is 464 Å². The molecule has 0 aromatic carbocycles. The molecular formula is C60H100FN3O14. The van der Waals surface area contributed by atoms with Crippen molar-refractivity contribution in [3.05, 3.63) is 23.8 Å². The highest BCUT2D eigenvalue weighted by atomic mass is 19.1. The van der Waals surface area contributed by atoms with Crippen molar-refractivity contribution >= 4 is 17.7 Å². The van der Waals surface area contributed by atoms with Gasteiger partial charge in [0.25, 0.3) is 0 Å². The van der Waals surface area contributed by atoms with Gasteiger partial charge in [-0.2, -0.15) is 0 Å². The normalized spacial score (nSPS) is 47.7. The number of methoxy groups -OCH3 is 1. The summed E-state index contributed by atoms with van der Waals surface area (Å²) in [5.41, 5.74) is -6.60. The lowest BCUT2D eigenvalue weighted by molar-refractivity contribution is -0.303. The number of rotatable bonds is 12. The van der Waals surface area contributed by atoms with Gasteiger partial charge < -0.3 is 64.2 Å². The minimum absolute atomic E-state index is 0.0650. The van der Waals surface area contributed by atoms with Crippen molar-refractivity contribution < 1.29 is 72.7 Å². The number of carbonyl (C=O) groups is 3. The van der Waals surface area contributed by atoms with Crippen molar-refractivity contribution in [2.75, 3.05) is 40.8 Å². The molecule has 0 aromatic rings. The Morgan fingerprint density at radius 3 is 2.28 bits per heavy atom. The SMILES string of the molecule is CC[C@H]1OC(=O)[C@H](C)[C@@H](O[C@@H]2C[C@](C)(OC)[C@H](O)[C@@H](C)O2)C[C@@H](O[C@H]2O[C@@H](C)C[C@H](N(C)C)C2O)C(C)(C)CCCN(CCCNC(=O)[C@H]2[C@H](C)CC3C4CCC5=CC(=O)C=C[C@]5(C)[C@@]4(F)[C@@H](O)C[C@@]32C)[C@H](C)[C@H](O)[C@@]1(C)O. The second-order valence-electron chi connectivity index (χ2n) is 26.9. The highest BCUT2D eigenvalue weighted by Crippen LogP contribution is 2.69. The number of nitrogens with zero attached hydrogens (tertiary/aromatic N) is 2. The summed E-state index contributed by atoms with van der Waals surface area (Å²) >= 11 is 0. The number of esters is 1. The maximum absolute atomic E-state index is 17.8. The largest absolute Gasteiger partial charge is 0.459 e. The number of ether oxygens (including phenoxy) is 6. The van der Waals surface area contributed by atoms with E-state index < -0.39 is 124 Å². The Kier molecular flexibility index (Phi) is 19.4. The van der Waals surface area contributed by atoms with Gasteiger partial charge in [0.15, 0.2) is 24.0 Å². The molecule has 7 rings (SSSR count). The second-order valence-corrected chi connectivity index (χ2v) is 26.9. The molecule has 18 heteroatoms. The summed E-state index contributed by atoms with van der Waals surface area (Å²) in [4.78, 5) is 45.5. The van der Waals surface area contributed by atoms with Crippen LogP contribution >= 0.6 is 0 Å². The Bertz CT molecular complexity index is 2180. The topological polar surface area (TPSA) is 226 Å². The van der Waals surface area contributed by atoms with Crippen LogP contribution in [-0.4, -0.2) is 190 Å². The Balaban J connectivity index is 1.11. The molecule has 4 aliphatic carbocycles. The molecule has 3 saturated carbocycles. The van der Waals surface area contributed by atoms with Crippen LogP contribution in [0.5, 0.6) is 0 Å². The van der Waals surface area contributed by atoms with E-state index in [2.05, 4.69) is 31.0 Å². The van der Waals surface area contributed by atoms with Crippen LogP contribution in [0.2, 0.25) is 0 Å². The number of cyclic esters (lactones) is 1. The molecule has 0 spiro atoms. The minimum Gasteiger partial charge on any atom is -0.459 e. The van der Waals surface area contributed by atoms with Crippen LogP contribution in [0.15, 0.2) is 23.8 Å². The van der Waals surface area contributed by atoms with E-state index in [4.69, 9.17) is 28.4 Å². The number of allylic oxidation sites excluding steroid dienone is 4. The van der Waals surface area contributed by atoms with Gasteiger partial charge in [-0.25, -0.2) is 4.39 Å². The molecule has 0 aromatic heterocycles. The monoisotopic (exact) mass is 1110 g/mol. The van der Waals surface area contributed by atoms with Crippen LogP contribution < -0.4 is 5.32 Å². The summed E-state index contributed by atoms with van der Waals surface area (Å²) in [6.45, 7) is 23.6. The number of alkyl halides is 1. The summed E-state index contributed by atoms with van der Waals surface area (Å²) in [7, 11) is 5.35. The zero-order valence-corrected chi connectivity index (χ0v) is 49.7. The lowest BCUT2D eigenvalue weighted by Gasteiger charge is -2.61. The van der Waals surface area contributed by atoms with Crippen LogP contribution in [0.4, 0.5) is 4.39 Å². The number of halogens is 1. The standard InChI is InChI=1S/C60H100FN3O14/c1-16-45-59(12,72)50(68)36(5)64(26-18-24-62-52(70)48-33(2)27-41-40-20-19-38-29-39(65)21-23-57(38,10)60(40,61)44(66)31-56(41,48)9)25-17-22-55(7,8)46(78-54-49(67)42(63(13)14)28-34(3)74-54)30-43(35(4)53(71)77-45)76-47-32-58(11,73-15)51(69)37(6)75-47/h21,23,29,33-37,40-51,54,66-69,72H,16-20,22,24-28,30-32H2,1-15H3,(H,62,70)/t33-,34+,35-,36-,37-,40?,41?,42+,43+,44+,45-,46-,47-,48-,49?,50+,51-,54-,56+,57+,58+,59+,60+/m1/s1. The Hall–Kier alpha value is -2.46. The average Bonchev–Trinajstić information content (AvgIpc) is 3.85. The van der Waals surface area contributed by atoms with E-state index in [1.54, 1.807) is 40.7 Å². The second kappa shape index (κ2) is 24.0. The number of hydrogen-bond acceptors (Lipinski definition) is 16. The molecule has 7 aliphatic rings. The number of ketones is 1. The molecule has 3 unspecified atom stereocenters. The van der Waals surface area contributed by atoms with Gasteiger partial charge in [-0.15, -0.1) is 0 Å². The Morgan fingerprint density at radius 1 is 0.936 bits per heavy atom. The first-order valence-corrected chi connectivity index (χ1v) is 29.4. The van der Waals surface area contributed by atoms with Gasteiger partial charge in [0.1, 0.15) is 30.0 Å². The summed E-state index contributed by atoms with van der Waals surface area (Å²) < 4.78 is 56.3. The molecule has 3 heterocycles. The van der Waals surface area contributed by atoms with Gasteiger partial charge in [-0.1, -0.05) is 46.3 Å². The van der Waals surface area contributed by atoms with Crippen molar-refractivity contribution in [2.24, 2.45) is 45.8 Å². The lowest BCUT2D eigenvalue weighted by atomic mass is 9.45. The summed E-state index contributed by atoms with van der Waals surface area (Å²) in [6, 6.07) is -0.896. The number of amides is 1. The molecule has 17 nitrogen and oxygen atoms in total. The predicted octanol–water partition coefficient (Wildman–Crippen LogP) is 5.79. The van der Waals surface area contributed by atoms with Crippen molar-refractivity contribution in [3.63, 3.8) is 0 Å². The fraction of sp³-hybridized carbons (Fsp3) is 0.883. The quantitative estimate of drug-likeness (QED) is 0.100. The molecule has 6 N–H and O–H groups in total. The highest BCUT2D eigenvalue weighted by Gasteiger charge is 2.72. The van der Waals surface area contributed by atoms with Crippen LogP contribution in [-0.2, 0) is 42.8 Å². The van der Waals surface area contributed by atoms with E-state index in [0.29, 0.717) is 64.6 Å². The maximum atomic E-state index is 17.8. The van der Waals surface area contributed by atoms with Gasteiger partial charge in [-0.05, 0) is 162 Å². The van der Waals surface area contributed by atoms with Gasteiger partial charge in [-0.3, -0.25) is 19.3 Å². The zero-order chi connectivity index (χ0) is 57.8. The molecule has 0 radical (unpaired) electrons. The average molecular weight is 1110 g/mol. The van der Waals surface area contributed by atoms with Gasteiger partial charge in [0, 0.05) is 62.4 Å². The van der Waals surface area contributed by atoms with Crippen LogP contribution in [0, 0.1) is 45.8 Å². The smallest absolute Gasteiger partial charge is 0.311 e. The number of hydrogen-bond donors (Lipinski definition) is 6. The Morgan fingerprint density at radius 2 is 1.63 bits per heavy atom. The van der Waals surface area contributed by atoms with E-state index in [-0.39, 0.29) is 61.4 Å². The number of aliphatic hydroxyl groups excluding tert-OH is 4. The molecule has 3 aliphatic heterocycles. The van der Waals surface area contributed by atoms with E-state index >= 15 is 4.39 Å². The molecule has 23 atom stereocenters. The van der Waals surface area contributed by atoms with Crippen molar-refractivity contribution in [1.82, 2.24) is 15.1 Å². The van der Waals surface area contributed by atoms with Gasteiger partial charge in [0.2, 0.25) is 5.91 Å². The first-order valence-electron chi connectivity index (χ1n) is 29.4. The third-order valence-corrected chi connectivity index (χ3v) is 21.0. The first kappa shape index (κ1) is 63.1. The fourth-order valence-corrected chi connectivity index (χ4v) is 15.8. The molecule has 446 valence electrons. The highest BCUT2D eigenvalue weighted by molar-refractivity contribution is 6.01. The fourth-order valence-electron chi connectivity index (χ4n) is 15.8. The van der Waals surface area contributed by atoms with Crippen LogP contribution in [0.25, 0.3) is 0 Å². The molecule has 0 bridgehead atoms. The van der Waals surface area contributed by atoms with E-state index in [0.717, 1.165) is 5.57 Å². The number of carbonyl (C=O) groups excluding carboxylic acids is 3. The molecule has 78 heavy (non-hydrogen) atoms. The molecule has 1 amide bonds. The first-order chi connectivity index (χ1) is 36.3. The zero-order valence-electron chi connectivity index (χ0n) is 49.7. The number of nitrogens with one attached hydrogen (secondary N) is 1. The molecule has 6 fully saturated rings. The minimum atomic E-state index is -1.98. The summed E-state index contributed by atoms with van der Waals surface area (Å²) in [6.07, 6.45) is -1.03. The summed E-state index contributed by atoms with van der Waals surface area (Å²) in [5.74, 6) is -3.07. The van der Waals surface area contributed by atoms with E-state index in [9.17, 15) is 39.9 Å². The van der Waals surface area contributed by atoms with Crippen LogP contribution in [0.1, 0.15) is 154 Å². The number of likely N-dealkylation sites (N-methyl/N-ethyl adjacent to an activating group) is 1. The number of fused-ring (bicyclic) bond motifs is 5. The third kappa shape index (κ3) is 11.9.